The number of benzene rings is 16. The van der Waals surface area contributed by atoms with Gasteiger partial charge >= 0.3 is 41.2 Å². The number of hydrogen-bond donors (Lipinski definition) is 0. The molecule has 4 aromatic heterocycles. The van der Waals surface area contributed by atoms with Crippen LogP contribution < -0.4 is 4.74 Å². The molecule has 0 spiro atoms. The van der Waals surface area contributed by atoms with Crippen molar-refractivity contribution >= 4 is 0 Å². The van der Waals surface area contributed by atoms with E-state index in [0.717, 1.165) is 190 Å². The van der Waals surface area contributed by atoms with E-state index in [0.29, 0.717) is 22.9 Å². The van der Waals surface area contributed by atoms with Gasteiger partial charge in [0.15, 0.2) is 0 Å². The third-order valence-electron chi connectivity index (χ3n) is 22.2. The summed E-state index contributed by atoms with van der Waals surface area (Å²) >= 11 is 0. The Balaban J connectivity index is 0.00000516. The van der Waals surface area contributed by atoms with Gasteiger partial charge in [0.2, 0.25) is 0 Å². The number of ether oxygens (including phenoxy) is 1. The van der Waals surface area contributed by atoms with Crippen LogP contribution in [0.25, 0.3) is 201 Å². The Kier molecular flexibility index (Phi) is 23.5. The number of rotatable bonds is 20. The fraction of sp³-hybridized carbons (Fsp3) is 0. The van der Waals surface area contributed by atoms with E-state index in [2.05, 4.69) is 379 Å². The van der Waals surface area contributed by atoms with E-state index in [9.17, 15) is 0 Å². The Labute approximate surface area is 745 Å². The molecule has 20 rings (SSSR count). The van der Waals surface area contributed by atoms with Gasteiger partial charge in [0, 0.05) is 36.7 Å². The molecule has 123 heavy (non-hydrogen) atoms. The van der Waals surface area contributed by atoms with Gasteiger partial charge in [-0.05, 0) is 231 Å². The average Bonchev–Trinajstić information content (AvgIpc) is 0.757. The average molecular weight is 1930 g/mol. The minimum absolute atomic E-state index is 0. The Morgan fingerprint density at radius 2 is 0.504 bits per heavy atom. The van der Waals surface area contributed by atoms with Crippen molar-refractivity contribution < 1.29 is 45.9 Å². The molecule has 16 aromatic carbocycles. The van der Waals surface area contributed by atoms with Crippen LogP contribution in [-0.4, -0.2) is 24.9 Å². The maximum Gasteiger partial charge on any atom is 3.00 e. The summed E-state index contributed by atoms with van der Waals surface area (Å²) in [6.07, 6.45) is 8.93. The van der Waals surface area contributed by atoms with Crippen LogP contribution in [0.1, 0.15) is 0 Å². The van der Waals surface area contributed by atoms with Gasteiger partial charge in [-0.15, -0.1) is 76.9 Å². The molecule has 582 valence electrons. The molecule has 0 saturated carbocycles. The molecular weight excluding hydrogens is 1850 g/mol. The third kappa shape index (κ3) is 17.1. The SMILES string of the molecule is [Ir+3].[Pt+2].[c-]1cc(-c2ccccc2-c2cc(-c3ccccc3-c3c[c-]c(-c4ccccn4)cc3-c3cccc(-c4cc(-c5ccccc5)cc(-c5ccccc5)c4)c3)cc(-c3ccccc3-c3c[c-]c(-c4ccccn4)cc3-c3cccc(-c4cc(-c5ccccc5)cc(-c5ccccc5)c4)c3)c2)c(Oc2[c-]c(-c3ccccn3)ccc2)[c-]c1-c1ncccn1. The molecule has 0 unspecified atom stereocenters. The Bertz CT molecular complexity index is 6710. The van der Waals surface area contributed by atoms with Crippen molar-refractivity contribution in [1.82, 2.24) is 24.9 Å². The molecule has 4 heterocycles. The molecule has 0 fully saturated rings. The molecule has 0 atom stereocenters. The van der Waals surface area contributed by atoms with E-state index in [-0.39, 0.29) is 41.2 Å². The topological polar surface area (TPSA) is 73.7 Å². The Hall–Kier alpha value is -14.8. The number of nitrogens with zero attached hydrogens (tertiary/aromatic N) is 5. The molecule has 20 aromatic rings. The van der Waals surface area contributed by atoms with E-state index >= 15 is 0 Å². The monoisotopic (exact) mass is 1930 g/mol. The molecule has 0 N–H and O–H groups in total. The molecule has 0 bridgehead atoms. The smallest absolute Gasteiger partial charge is 0.515 e. The van der Waals surface area contributed by atoms with Gasteiger partial charge in [0.05, 0.1) is 0 Å². The van der Waals surface area contributed by atoms with Crippen LogP contribution in [0.3, 0.4) is 0 Å². The van der Waals surface area contributed by atoms with E-state index < -0.39 is 0 Å². The fourth-order valence-corrected chi connectivity index (χ4v) is 16.3. The van der Waals surface area contributed by atoms with Crippen molar-refractivity contribution in [2.24, 2.45) is 0 Å². The standard InChI is InChI=1S/C115H72N5O.Ir.Pt/c1-5-29-78(30-6-1)90-65-91(79-31-7-2-8-32-79)68-94(67-90)82-37-25-39-84(63-82)109-75-87(112-50-20-23-59-117-112)52-55-106(109)103-46-16-13-43-100(103)96-71-97(73-98(72-96)102-45-15-18-48-105(102)108-57-54-89(115-119-61-28-62-120-115)77-114(108)121-99-42-27-41-86(74-99)111-49-19-22-58-116-111)101-44-14-17-47-104(101)107-56-53-88(113-51-21-24-60-118-113)76-110(107)85-40-26-38-83(64-85)95-69-92(80-33-9-3-10-34-80)66-93(70-95)81-35-11-4-12-36-81;;/h1-51,55-73,75-76H;;/q-5;+3;+2. The molecule has 8 heteroatoms. The quantitative estimate of drug-likeness (QED) is 0.0708. The zero-order valence-electron chi connectivity index (χ0n) is 66.4. The van der Waals surface area contributed by atoms with Crippen molar-refractivity contribution in [3.63, 3.8) is 0 Å². The molecule has 0 aliphatic carbocycles. The summed E-state index contributed by atoms with van der Waals surface area (Å²) in [5, 5.41) is 0. The number of pyridine rings is 3. The predicted molar refractivity (Wildman–Crippen MR) is 494 cm³/mol. The maximum atomic E-state index is 7.09. The van der Waals surface area contributed by atoms with E-state index in [1.807, 2.05) is 79.1 Å². The second-order valence-electron chi connectivity index (χ2n) is 29.8. The van der Waals surface area contributed by atoms with Crippen molar-refractivity contribution in [2.45, 2.75) is 0 Å². The van der Waals surface area contributed by atoms with Crippen molar-refractivity contribution in [3.8, 4) is 212 Å². The van der Waals surface area contributed by atoms with Crippen LogP contribution >= 0.6 is 0 Å². The Morgan fingerprint density at radius 1 is 0.195 bits per heavy atom. The van der Waals surface area contributed by atoms with Crippen LogP contribution in [-0.2, 0) is 41.2 Å². The van der Waals surface area contributed by atoms with Gasteiger partial charge in [0.25, 0.3) is 0 Å². The molecule has 0 amide bonds. The number of aromatic nitrogens is 5. The maximum absolute atomic E-state index is 7.09. The van der Waals surface area contributed by atoms with Crippen LogP contribution in [0.2, 0.25) is 0 Å². The third-order valence-corrected chi connectivity index (χ3v) is 22.2. The second-order valence-corrected chi connectivity index (χ2v) is 29.8. The van der Waals surface area contributed by atoms with E-state index in [1.54, 1.807) is 24.7 Å². The summed E-state index contributed by atoms with van der Waals surface area (Å²) in [6, 6.07) is 162. The summed E-state index contributed by atoms with van der Waals surface area (Å²) in [7, 11) is 0. The van der Waals surface area contributed by atoms with Gasteiger partial charge < -0.3 is 29.7 Å². The molecule has 0 radical (unpaired) electrons. The van der Waals surface area contributed by atoms with E-state index in [4.69, 9.17) is 14.7 Å². The zero-order chi connectivity index (χ0) is 80.6. The molecular formula is C115H72IrN5OPt. The minimum Gasteiger partial charge on any atom is -0.515 e. The normalized spacial score (nSPS) is 11.0. The van der Waals surface area contributed by atoms with Crippen molar-refractivity contribution in [2.75, 3.05) is 0 Å². The first-order valence-electron chi connectivity index (χ1n) is 40.4. The first-order chi connectivity index (χ1) is 59.9. The van der Waals surface area contributed by atoms with Crippen LogP contribution in [0, 0.1) is 30.3 Å². The summed E-state index contributed by atoms with van der Waals surface area (Å²) in [6.45, 7) is 0. The largest absolute Gasteiger partial charge is 3.00 e. The van der Waals surface area contributed by atoms with Crippen molar-refractivity contribution in [3.05, 3.63) is 468 Å². The predicted octanol–water partition coefficient (Wildman–Crippen LogP) is 29.5. The number of hydrogen-bond acceptors (Lipinski definition) is 6. The molecule has 0 saturated heterocycles. The summed E-state index contributed by atoms with van der Waals surface area (Å²) in [5.74, 6) is 1.39. The van der Waals surface area contributed by atoms with Crippen LogP contribution in [0.4, 0.5) is 0 Å². The minimum atomic E-state index is 0. The molecule has 0 aliphatic rings. The first kappa shape index (κ1) is 79.3. The van der Waals surface area contributed by atoms with Crippen molar-refractivity contribution in [1.29, 1.82) is 0 Å². The summed E-state index contributed by atoms with van der Waals surface area (Å²) in [5.41, 5.74) is 34.7. The summed E-state index contributed by atoms with van der Waals surface area (Å²) < 4.78 is 7.09. The first-order valence-corrected chi connectivity index (χ1v) is 40.4. The van der Waals surface area contributed by atoms with Gasteiger partial charge in [0.1, 0.15) is 0 Å². The summed E-state index contributed by atoms with van der Waals surface area (Å²) in [4.78, 5) is 23.8. The van der Waals surface area contributed by atoms with Crippen LogP contribution in [0.15, 0.2) is 437 Å². The molecule has 0 aliphatic heterocycles. The van der Waals surface area contributed by atoms with Crippen LogP contribution in [0.5, 0.6) is 11.5 Å². The van der Waals surface area contributed by atoms with Gasteiger partial charge in [-0.3, -0.25) is 6.07 Å². The molecule has 6 nitrogen and oxygen atoms in total. The second kappa shape index (κ2) is 36.4. The Morgan fingerprint density at radius 3 is 0.902 bits per heavy atom. The van der Waals surface area contributed by atoms with Gasteiger partial charge in [-0.25, -0.2) is 17.7 Å². The van der Waals surface area contributed by atoms with Gasteiger partial charge in [-0.2, -0.15) is 0 Å². The van der Waals surface area contributed by atoms with Gasteiger partial charge in [-0.1, -0.05) is 312 Å². The van der Waals surface area contributed by atoms with E-state index in [1.165, 1.54) is 0 Å². The zero-order valence-corrected chi connectivity index (χ0v) is 71.0. The fourth-order valence-electron chi connectivity index (χ4n) is 16.3.